The van der Waals surface area contributed by atoms with Crippen LogP contribution in [0.4, 0.5) is 0 Å². The van der Waals surface area contributed by atoms with E-state index in [1.165, 1.54) is 12.8 Å². The number of hydrogen-bond acceptors (Lipinski definition) is 2. The molecule has 74 valence electrons. The van der Waals surface area contributed by atoms with Gasteiger partial charge in [-0.15, -0.1) is 6.58 Å². The van der Waals surface area contributed by atoms with Crippen molar-refractivity contribution >= 4 is 5.78 Å². The Balaban J connectivity index is 2.05. The lowest BCUT2D eigenvalue weighted by Crippen LogP contribution is -2.24. The van der Waals surface area contributed by atoms with Crippen LogP contribution in [-0.4, -0.2) is 18.4 Å². The van der Waals surface area contributed by atoms with E-state index in [9.17, 15) is 4.79 Å². The fraction of sp³-hybridized carbons (Fsp3) is 0.727. The van der Waals surface area contributed by atoms with Crippen molar-refractivity contribution in [1.82, 2.24) is 5.32 Å². The molecule has 0 radical (unpaired) electrons. The van der Waals surface area contributed by atoms with Gasteiger partial charge in [-0.25, -0.2) is 0 Å². The highest BCUT2D eigenvalue weighted by Gasteiger charge is 2.16. The molecular formula is C11H19NO. The summed E-state index contributed by atoms with van der Waals surface area (Å²) in [5.41, 5.74) is 0. The minimum Gasteiger partial charge on any atom is -0.314 e. The van der Waals surface area contributed by atoms with Crippen molar-refractivity contribution in [2.45, 2.75) is 44.6 Å². The van der Waals surface area contributed by atoms with Gasteiger partial charge in [0, 0.05) is 18.9 Å². The molecule has 1 aliphatic rings. The Labute approximate surface area is 80.4 Å². The SMILES string of the molecule is C=CCCCC(=O)CC1CCCN1. The normalized spacial score (nSPS) is 21.7. The highest BCUT2D eigenvalue weighted by molar-refractivity contribution is 5.79. The molecule has 13 heavy (non-hydrogen) atoms. The van der Waals surface area contributed by atoms with Crippen molar-refractivity contribution in [1.29, 1.82) is 0 Å². The van der Waals surface area contributed by atoms with E-state index in [2.05, 4.69) is 11.9 Å². The third-order valence-electron chi connectivity index (χ3n) is 2.50. The molecule has 0 spiro atoms. The molecule has 0 bridgehead atoms. The molecule has 2 nitrogen and oxygen atoms in total. The molecule has 0 aromatic heterocycles. The summed E-state index contributed by atoms with van der Waals surface area (Å²) in [6, 6.07) is 0.469. The molecule has 1 N–H and O–H groups in total. The first-order valence-corrected chi connectivity index (χ1v) is 5.19. The fourth-order valence-corrected chi connectivity index (χ4v) is 1.75. The monoisotopic (exact) mass is 181 g/mol. The Hall–Kier alpha value is -0.630. The highest BCUT2D eigenvalue weighted by Crippen LogP contribution is 2.11. The van der Waals surface area contributed by atoms with Gasteiger partial charge < -0.3 is 5.32 Å². The first-order valence-electron chi connectivity index (χ1n) is 5.19. The molecule has 1 saturated heterocycles. The number of rotatable bonds is 6. The highest BCUT2D eigenvalue weighted by atomic mass is 16.1. The zero-order valence-corrected chi connectivity index (χ0v) is 8.22. The average molecular weight is 181 g/mol. The predicted molar refractivity (Wildman–Crippen MR) is 54.7 cm³/mol. The maximum atomic E-state index is 11.4. The molecule has 0 saturated carbocycles. The van der Waals surface area contributed by atoms with Crippen LogP contribution in [0.25, 0.3) is 0 Å². The molecule has 1 fully saturated rings. The third kappa shape index (κ3) is 4.23. The zero-order valence-electron chi connectivity index (χ0n) is 8.22. The molecule has 0 aliphatic carbocycles. The van der Waals surface area contributed by atoms with Crippen molar-refractivity contribution in [2.24, 2.45) is 0 Å². The van der Waals surface area contributed by atoms with Gasteiger partial charge in [0.05, 0.1) is 0 Å². The first kappa shape index (κ1) is 10.5. The second-order valence-electron chi connectivity index (χ2n) is 3.72. The minimum absolute atomic E-state index is 0.404. The second-order valence-corrected chi connectivity index (χ2v) is 3.72. The number of Topliss-reactive ketones (excluding diaryl/α,β-unsaturated/α-hetero) is 1. The lowest BCUT2D eigenvalue weighted by molar-refractivity contribution is -0.119. The Morgan fingerprint density at radius 3 is 3.08 bits per heavy atom. The largest absolute Gasteiger partial charge is 0.314 e. The maximum Gasteiger partial charge on any atom is 0.134 e. The van der Waals surface area contributed by atoms with Crippen LogP contribution < -0.4 is 5.32 Å². The van der Waals surface area contributed by atoms with Crippen molar-refractivity contribution < 1.29 is 4.79 Å². The van der Waals surface area contributed by atoms with Gasteiger partial charge in [-0.3, -0.25) is 4.79 Å². The summed E-state index contributed by atoms with van der Waals surface area (Å²) >= 11 is 0. The lowest BCUT2D eigenvalue weighted by Gasteiger charge is -2.07. The van der Waals surface area contributed by atoms with Gasteiger partial charge in [0.25, 0.3) is 0 Å². The van der Waals surface area contributed by atoms with E-state index in [-0.39, 0.29) is 0 Å². The molecule has 1 unspecified atom stereocenters. The fourth-order valence-electron chi connectivity index (χ4n) is 1.75. The van der Waals surface area contributed by atoms with Crippen LogP contribution in [0.1, 0.15) is 38.5 Å². The van der Waals surface area contributed by atoms with Gasteiger partial charge in [0.1, 0.15) is 5.78 Å². The lowest BCUT2D eigenvalue weighted by atomic mass is 10.0. The van der Waals surface area contributed by atoms with Crippen LogP contribution in [0.3, 0.4) is 0 Å². The molecule has 0 aromatic rings. The predicted octanol–water partition coefficient (Wildman–Crippen LogP) is 2.05. The van der Waals surface area contributed by atoms with Gasteiger partial charge in [0.15, 0.2) is 0 Å². The van der Waals surface area contributed by atoms with E-state index >= 15 is 0 Å². The summed E-state index contributed by atoms with van der Waals surface area (Å²) in [6.07, 6.45) is 7.67. The van der Waals surface area contributed by atoms with E-state index in [1.807, 2.05) is 6.08 Å². The number of allylic oxidation sites excluding steroid dienone is 1. The van der Waals surface area contributed by atoms with Crippen molar-refractivity contribution in [2.75, 3.05) is 6.54 Å². The molecule has 2 heteroatoms. The standard InChI is InChI=1S/C11H19NO/c1-2-3-4-7-11(13)9-10-6-5-8-12-10/h2,10,12H,1,3-9H2. The number of ketones is 1. The summed E-state index contributed by atoms with van der Waals surface area (Å²) in [5.74, 6) is 0.404. The Morgan fingerprint density at radius 1 is 1.62 bits per heavy atom. The summed E-state index contributed by atoms with van der Waals surface area (Å²) in [4.78, 5) is 11.4. The maximum absolute atomic E-state index is 11.4. The summed E-state index contributed by atoms with van der Waals surface area (Å²) < 4.78 is 0. The van der Waals surface area contributed by atoms with E-state index in [4.69, 9.17) is 0 Å². The van der Waals surface area contributed by atoms with E-state index in [0.29, 0.717) is 11.8 Å². The summed E-state index contributed by atoms with van der Waals surface area (Å²) in [7, 11) is 0. The van der Waals surface area contributed by atoms with Gasteiger partial charge in [-0.05, 0) is 32.2 Å². The average Bonchev–Trinajstić information content (AvgIpc) is 2.57. The number of hydrogen-bond donors (Lipinski definition) is 1. The van der Waals surface area contributed by atoms with E-state index in [1.54, 1.807) is 0 Å². The molecule has 1 aliphatic heterocycles. The topological polar surface area (TPSA) is 29.1 Å². The Kier molecular flexibility index (Phi) is 4.76. The molecule has 1 atom stereocenters. The molecule has 0 amide bonds. The second kappa shape index (κ2) is 5.92. The molecule has 0 aromatic carbocycles. The summed E-state index contributed by atoms with van der Waals surface area (Å²) in [6.45, 7) is 4.73. The van der Waals surface area contributed by atoms with Crippen molar-refractivity contribution in [3.05, 3.63) is 12.7 Å². The summed E-state index contributed by atoms with van der Waals surface area (Å²) in [5, 5.41) is 3.34. The number of carbonyl (C=O) groups is 1. The number of carbonyl (C=O) groups excluding carboxylic acids is 1. The van der Waals surface area contributed by atoms with Crippen LogP contribution in [-0.2, 0) is 4.79 Å². The van der Waals surface area contributed by atoms with Crippen molar-refractivity contribution in [3.63, 3.8) is 0 Å². The van der Waals surface area contributed by atoms with Crippen LogP contribution in [0.5, 0.6) is 0 Å². The van der Waals surface area contributed by atoms with Crippen LogP contribution >= 0.6 is 0 Å². The van der Waals surface area contributed by atoms with E-state index < -0.39 is 0 Å². The first-order chi connectivity index (χ1) is 6.33. The van der Waals surface area contributed by atoms with Gasteiger partial charge in [-0.1, -0.05) is 6.08 Å². The van der Waals surface area contributed by atoms with Gasteiger partial charge in [-0.2, -0.15) is 0 Å². The quantitative estimate of drug-likeness (QED) is 0.502. The van der Waals surface area contributed by atoms with Crippen LogP contribution in [0.15, 0.2) is 12.7 Å². The number of unbranched alkanes of at least 4 members (excludes halogenated alkanes) is 1. The van der Waals surface area contributed by atoms with Crippen molar-refractivity contribution in [3.8, 4) is 0 Å². The van der Waals surface area contributed by atoms with Crippen LogP contribution in [0.2, 0.25) is 0 Å². The van der Waals surface area contributed by atoms with Gasteiger partial charge in [0.2, 0.25) is 0 Å². The Bertz CT molecular complexity index is 171. The van der Waals surface area contributed by atoms with Crippen LogP contribution in [0, 0.1) is 0 Å². The van der Waals surface area contributed by atoms with Gasteiger partial charge >= 0.3 is 0 Å². The number of nitrogens with one attached hydrogen (secondary N) is 1. The Morgan fingerprint density at radius 2 is 2.46 bits per heavy atom. The molecular weight excluding hydrogens is 162 g/mol. The molecule has 1 rings (SSSR count). The molecule has 1 heterocycles. The minimum atomic E-state index is 0.404. The zero-order chi connectivity index (χ0) is 9.52. The van der Waals surface area contributed by atoms with E-state index in [0.717, 1.165) is 32.2 Å². The third-order valence-corrected chi connectivity index (χ3v) is 2.50. The smallest absolute Gasteiger partial charge is 0.134 e.